The van der Waals surface area contributed by atoms with E-state index in [1.165, 1.54) is 0 Å². The van der Waals surface area contributed by atoms with Gasteiger partial charge in [-0.05, 0) is 77.2 Å². The molecule has 1 heterocycles. The number of imide groups is 1. The molecule has 0 aromatic heterocycles. The number of ether oxygens (including phenoxy) is 3. The number of nitrogens with zero attached hydrogens (tertiary/aromatic N) is 1. The third-order valence-corrected chi connectivity index (χ3v) is 5.89. The van der Waals surface area contributed by atoms with Crippen molar-refractivity contribution in [3.63, 3.8) is 0 Å². The third-order valence-electron chi connectivity index (χ3n) is 4.16. The number of benzene rings is 2. The minimum atomic E-state index is -0.380. The molecule has 30 heavy (non-hydrogen) atoms. The van der Waals surface area contributed by atoms with Crippen LogP contribution in [0.15, 0.2) is 41.3 Å². The Hall–Kier alpha value is -2.40. The van der Waals surface area contributed by atoms with Crippen molar-refractivity contribution in [2.24, 2.45) is 0 Å². The first kappa shape index (κ1) is 22.3. The summed E-state index contributed by atoms with van der Waals surface area (Å²) >= 11 is 2.86. The van der Waals surface area contributed by atoms with Gasteiger partial charge >= 0.3 is 0 Å². The number of methoxy groups -OCH3 is 1. The zero-order valence-electron chi connectivity index (χ0n) is 16.4. The Kier molecular flexibility index (Phi) is 7.48. The van der Waals surface area contributed by atoms with Crippen molar-refractivity contribution >= 4 is 51.6 Å². The van der Waals surface area contributed by atoms with Crippen LogP contribution in [-0.2, 0) is 4.79 Å². The van der Waals surface area contributed by atoms with Crippen molar-refractivity contribution in [3.05, 3.63) is 50.4 Å². The highest BCUT2D eigenvalue weighted by atomic mass is 127. The summed E-state index contributed by atoms with van der Waals surface area (Å²) in [7, 11) is 1.55. The van der Waals surface area contributed by atoms with Crippen LogP contribution in [0.1, 0.15) is 12.5 Å². The Morgan fingerprint density at radius 1 is 1.13 bits per heavy atom. The van der Waals surface area contributed by atoms with Crippen molar-refractivity contribution in [2.75, 3.05) is 26.9 Å². The molecule has 158 valence electrons. The average molecular weight is 541 g/mol. The van der Waals surface area contributed by atoms with Crippen LogP contribution in [0.5, 0.6) is 23.0 Å². The summed E-state index contributed by atoms with van der Waals surface area (Å²) < 4.78 is 16.9. The normalized spacial score (nSPS) is 15.0. The number of hydrogen-bond donors (Lipinski definition) is 1. The fourth-order valence-corrected chi connectivity index (χ4v) is 4.26. The Balaban J connectivity index is 1.70. The number of amides is 2. The standard InChI is InChI=1S/C21H20INO6S/c1-3-28-17-11-13(10-14(22)19(17)24)12-18-20(25)23(21(26)30-18)8-9-29-16-7-5-4-6-15(16)27-2/h4-7,10-12,24H,3,8-9H2,1-2H3/b18-12-. The van der Waals surface area contributed by atoms with E-state index < -0.39 is 0 Å². The van der Waals surface area contributed by atoms with Crippen LogP contribution in [-0.4, -0.2) is 48.0 Å². The van der Waals surface area contributed by atoms with Gasteiger partial charge in [0.2, 0.25) is 0 Å². The van der Waals surface area contributed by atoms with Crippen LogP contribution in [0.25, 0.3) is 6.08 Å². The van der Waals surface area contributed by atoms with Crippen LogP contribution >= 0.6 is 34.4 Å². The number of thioether (sulfide) groups is 1. The molecule has 1 aliphatic heterocycles. The fraction of sp³-hybridized carbons (Fsp3) is 0.238. The number of phenolic OH excluding ortho intramolecular Hbond substituents is 1. The second-order valence-electron chi connectivity index (χ2n) is 6.12. The highest BCUT2D eigenvalue weighted by molar-refractivity contribution is 14.1. The molecule has 2 aromatic carbocycles. The molecule has 0 spiro atoms. The molecule has 0 saturated carbocycles. The molecular weight excluding hydrogens is 521 g/mol. The van der Waals surface area contributed by atoms with Crippen molar-refractivity contribution in [2.45, 2.75) is 6.92 Å². The molecule has 1 N–H and O–H groups in total. The molecular formula is C21H20INO6S. The Morgan fingerprint density at radius 2 is 1.87 bits per heavy atom. The van der Waals surface area contributed by atoms with Gasteiger partial charge in [0.15, 0.2) is 23.0 Å². The summed E-state index contributed by atoms with van der Waals surface area (Å²) in [5.41, 5.74) is 0.663. The number of halogens is 1. The van der Waals surface area contributed by atoms with Gasteiger partial charge in [0.05, 0.1) is 28.7 Å². The van der Waals surface area contributed by atoms with Gasteiger partial charge in [0.25, 0.3) is 11.1 Å². The predicted molar refractivity (Wildman–Crippen MR) is 123 cm³/mol. The van der Waals surface area contributed by atoms with E-state index in [0.717, 1.165) is 16.7 Å². The first-order chi connectivity index (χ1) is 14.4. The van der Waals surface area contributed by atoms with Gasteiger partial charge in [-0.2, -0.15) is 0 Å². The molecule has 0 bridgehead atoms. The van der Waals surface area contributed by atoms with Crippen LogP contribution in [0.4, 0.5) is 4.79 Å². The molecule has 1 fully saturated rings. The number of hydrogen-bond acceptors (Lipinski definition) is 7. The summed E-state index contributed by atoms with van der Waals surface area (Å²) in [5.74, 6) is 1.13. The second-order valence-corrected chi connectivity index (χ2v) is 8.27. The molecule has 1 saturated heterocycles. The van der Waals surface area contributed by atoms with Crippen molar-refractivity contribution < 1.29 is 28.9 Å². The molecule has 3 rings (SSSR count). The van der Waals surface area contributed by atoms with Crippen LogP contribution in [0.3, 0.4) is 0 Å². The molecule has 2 aromatic rings. The Morgan fingerprint density at radius 3 is 2.57 bits per heavy atom. The molecule has 0 atom stereocenters. The third kappa shape index (κ3) is 5.01. The topological polar surface area (TPSA) is 85.3 Å². The number of para-hydroxylation sites is 2. The summed E-state index contributed by atoms with van der Waals surface area (Å²) in [6, 6.07) is 10.5. The first-order valence-electron chi connectivity index (χ1n) is 9.11. The van der Waals surface area contributed by atoms with E-state index in [1.54, 1.807) is 37.5 Å². The summed E-state index contributed by atoms with van der Waals surface area (Å²) in [5, 5.41) is 9.71. The van der Waals surface area contributed by atoms with E-state index in [4.69, 9.17) is 14.2 Å². The lowest BCUT2D eigenvalue weighted by Crippen LogP contribution is -2.32. The van der Waals surface area contributed by atoms with Crippen molar-refractivity contribution in [3.8, 4) is 23.0 Å². The largest absolute Gasteiger partial charge is 0.504 e. The van der Waals surface area contributed by atoms with Gasteiger partial charge < -0.3 is 19.3 Å². The maximum absolute atomic E-state index is 12.7. The van der Waals surface area contributed by atoms with Gasteiger partial charge in [0, 0.05) is 0 Å². The monoisotopic (exact) mass is 541 g/mol. The lowest BCUT2D eigenvalue weighted by Gasteiger charge is -2.14. The molecule has 0 aliphatic carbocycles. The summed E-state index contributed by atoms with van der Waals surface area (Å²) in [6.45, 7) is 2.49. The number of carbonyl (C=O) groups excluding carboxylic acids is 2. The van der Waals surface area contributed by atoms with Gasteiger partial charge in [-0.15, -0.1) is 0 Å². The minimum absolute atomic E-state index is 0.0520. The average Bonchev–Trinajstić information content (AvgIpc) is 2.99. The van der Waals surface area contributed by atoms with Crippen LogP contribution < -0.4 is 14.2 Å². The van der Waals surface area contributed by atoms with Crippen LogP contribution in [0, 0.1) is 3.57 Å². The van der Waals surface area contributed by atoms with Crippen molar-refractivity contribution in [1.29, 1.82) is 0 Å². The summed E-state index contributed by atoms with van der Waals surface area (Å²) in [4.78, 5) is 26.5. The number of rotatable bonds is 8. The maximum atomic E-state index is 12.7. The Labute approximate surface area is 192 Å². The first-order valence-corrected chi connectivity index (χ1v) is 11.0. The minimum Gasteiger partial charge on any atom is -0.504 e. The van der Waals surface area contributed by atoms with Gasteiger partial charge in [-0.3, -0.25) is 14.5 Å². The van der Waals surface area contributed by atoms with E-state index in [9.17, 15) is 14.7 Å². The maximum Gasteiger partial charge on any atom is 0.293 e. The van der Waals surface area contributed by atoms with E-state index >= 15 is 0 Å². The SMILES string of the molecule is CCOc1cc(/C=C2\SC(=O)N(CCOc3ccccc3OC)C2=O)cc(I)c1O. The second kappa shape index (κ2) is 10.1. The zero-order valence-corrected chi connectivity index (χ0v) is 19.4. The zero-order chi connectivity index (χ0) is 21.7. The lowest BCUT2D eigenvalue weighted by molar-refractivity contribution is -0.123. The molecule has 7 nitrogen and oxygen atoms in total. The quantitative estimate of drug-likeness (QED) is 0.389. The number of phenols is 1. The van der Waals surface area contributed by atoms with Gasteiger partial charge in [0.1, 0.15) is 6.61 Å². The molecule has 0 radical (unpaired) electrons. The summed E-state index contributed by atoms with van der Waals surface area (Å²) in [6.07, 6.45) is 1.62. The van der Waals surface area contributed by atoms with Gasteiger partial charge in [-0.25, -0.2) is 0 Å². The van der Waals surface area contributed by atoms with E-state index in [2.05, 4.69) is 0 Å². The smallest absolute Gasteiger partial charge is 0.293 e. The van der Waals surface area contributed by atoms with Crippen molar-refractivity contribution in [1.82, 2.24) is 4.90 Å². The molecule has 1 aliphatic rings. The van der Waals surface area contributed by atoms with Crippen LogP contribution in [0.2, 0.25) is 0 Å². The molecule has 2 amide bonds. The van der Waals surface area contributed by atoms with E-state index in [1.807, 2.05) is 41.6 Å². The highest BCUT2D eigenvalue weighted by Crippen LogP contribution is 2.36. The Bertz CT molecular complexity index is 993. The lowest BCUT2D eigenvalue weighted by atomic mass is 10.2. The predicted octanol–water partition coefficient (Wildman–Crippen LogP) is 4.52. The fourth-order valence-electron chi connectivity index (χ4n) is 2.77. The number of carbonyl (C=O) groups is 2. The highest BCUT2D eigenvalue weighted by Gasteiger charge is 2.35. The van der Waals surface area contributed by atoms with E-state index in [-0.39, 0.29) is 30.0 Å². The van der Waals surface area contributed by atoms with Gasteiger partial charge in [-0.1, -0.05) is 12.1 Å². The number of aromatic hydroxyl groups is 1. The molecule has 9 heteroatoms. The molecule has 0 unspecified atom stereocenters. The van der Waals surface area contributed by atoms with E-state index in [0.29, 0.717) is 37.9 Å².